The molecule has 34 heavy (non-hydrogen) atoms. The Hall–Kier alpha value is -3.12. The van der Waals surface area contributed by atoms with Crippen molar-refractivity contribution in [3.8, 4) is 0 Å². The molecule has 6 nitrogen and oxygen atoms in total. The number of nitrogens with zero attached hydrogens (tertiary/aromatic N) is 2. The van der Waals surface area contributed by atoms with E-state index in [9.17, 15) is 9.59 Å². The average molecular weight is 460 g/mol. The quantitative estimate of drug-likeness (QED) is 0.522. The molecule has 5 rings (SSSR count). The maximum atomic E-state index is 13.6. The van der Waals surface area contributed by atoms with Crippen molar-refractivity contribution < 1.29 is 14.7 Å². The number of carbonyl (C=O) groups is 2. The molecule has 1 aromatic heterocycles. The Morgan fingerprint density at radius 2 is 1.79 bits per heavy atom. The minimum atomic E-state index is -0.499. The molecule has 2 amide bonds. The van der Waals surface area contributed by atoms with Gasteiger partial charge in [0.1, 0.15) is 6.04 Å². The van der Waals surface area contributed by atoms with Gasteiger partial charge in [0.2, 0.25) is 11.8 Å². The zero-order valence-corrected chi connectivity index (χ0v) is 20.0. The van der Waals surface area contributed by atoms with Crippen LogP contribution in [0.3, 0.4) is 0 Å². The first-order valence-corrected chi connectivity index (χ1v) is 12.4. The molecular weight excluding hydrogens is 426 g/mol. The van der Waals surface area contributed by atoms with Crippen molar-refractivity contribution in [2.45, 2.75) is 57.5 Å². The molecule has 2 aromatic carbocycles. The second-order valence-corrected chi connectivity index (χ2v) is 9.85. The summed E-state index contributed by atoms with van der Waals surface area (Å²) in [6.07, 6.45) is 2.89. The van der Waals surface area contributed by atoms with Gasteiger partial charge in [0, 0.05) is 36.2 Å². The van der Waals surface area contributed by atoms with E-state index in [0.29, 0.717) is 18.9 Å². The molecule has 2 atom stereocenters. The highest BCUT2D eigenvalue weighted by Crippen LogP contribution is 2.42. The molecule has 1 fully saturated rings. The van der Waals surface area contributed by atoms with Crippen LogP contribution in [0.2, 0.25) is 0 Å². The van der Waals surface area contributed by atoms with Crippen molar-refractivity contribution in [1.29, 1.82) is 0 Å². The number of hydrogen-bond acceptors (Lipinski definition) is 3. The van der Waals surface area contributed by atoms with Crippen LogP contribution in [0.4, 0.5) is 0 Å². The zero-order valence-electron chi connectivity index (χ0n) is 20.0. The number of fused-ring (bicyclic) bond motifs is 4. The standard InChI is InChI=1S/C28H33N3O3/c1-18(2)19-10-12-20(13-11-19)27-26-22(21-8-4-5-9-23(21)29-26)16-24-28(34)30(14-6-3-7-15-32)17-25(33)31(24)27/h4-5,8-13,18,24,27,29,32H,3,6-7,14-17H2,1-2H3/t24-,27-/m1/s1. The van der Waals surface area contributed by atoms with Gasteiger partial charge >= 0.3 is 0 Å². The number of aliphatic hydroxyl groups is 1. The number of carbonyl (C=O) groups excluding carboxylic acids is 2. The fourth-order valence-electron chi connectivity index (χ4n) is 5.51. The lowest BCUT2D eigenvalue weighted by Crippen LogP contribution is -2.63. The predicted octanol–water partition coefficient (Wildman–Crippen LogP) is 4.14. The van der Waals surface area contributed by atoms with E-state index in [4.69, 9.17) is 5.11 Å². The lowest BCUT2D eigenvalue weighted by molar-refractivity contribution is -0.158. The van der Waals surface area contributed by atoms with Gasteiger partial charge < -0.3 is 19.9 Å². The minimum absolute atomic E-state index is 0.00556. The van der Waals surface area contributed by atoms with Crippen LogP contribution in [-0.4, -0.2) is 57.4 Å². The summed E-state index contributed by atoms with van der Waals surface area (Å²) in [5.74, 6) is 0.451. The Labute approximate surface area is 200 Å². The molecule has 0 spiro atoms. The van der Waals surface area contributed by atoms with Gasteiger partial charge in [-0.15, -0.1) is 0 Å². The summed E-state index contributed by atoms with van der Waals surface area (Å²) in [5, 5.41) is 10.2. The zero-order chi connectivity index (χ0) is 23.8. The first-order chi connectivity index (χ1) is 16.5. The number of rotatable bonds is 7. The first-order valence-electron chi connectivity index (χ1n) is 12.4. The van der Waals surface area contributed by atoms with E-state index in [1.54, 1.807) is 4.90 Å². The van der Waals surface area contributed by atoms with Gasteiger partial charge in [-0.05, 0) is 47.9 Å². The molecule has 3 heterocycles. The fraction of sp³-hybridized carbons (Fsp3) is 0.429. The third-order valence-electron chi connectivity index (χ3n) is 7.35. The Balaban J connectivity index is 1.55. The second-order valence-electron chi connectivity index (χ2n) is 9.85. The molecule has 0 aliphatic carbocycles. The molecule has 0 unspecified atom stereocenters. The van der Waals surface area contributed by atoms with Crippen LogP contribution in [0, 0.1) is 0 Å². The van der Waals surface area contributed by atoms with E-state index in [2.05, 4.69) is 55.2 Å². The number of aromatic nitrogens is 1. The summed E-state index contributed by atoms with van der Waals surface area (Å²) >= 11 is 0. The smallest absolute Gasteiger partial charge is 0.246 e. The Kier molecular flexibility index (Phi) is 6.17. The van der Waals surface area contributed by atoms with E-state index in [-0.39, 0.29) is 31.0 Å². The van der Waals surface area contributed by atoms with Gasteiger partial charge in [-0.2, -0.15) is 0 Å². The van der Waals surface area contributed by atoms with Gasteiger partial charge in [0.05, 0.1) is 12.6 Å². The summed E-state index contributed by atoms with van der Waals surface area (Å²) in [5.41, 5.74) is 5.48. The predicted molar refractivity (Wildman–Crippen MR) is 133 cm³/mol. The summed E-state index contributed by atoms with van der Waals surface area (Å²) < 4.78 is 0. The van der Waals surface area contributed by atoms with Crippen molar-refractivity contribution in [1.82, 2.24) is 14.8 Å². The van der Waals surface area contributed by atoms with Crippen molar-refractivity contribution in [3.63, 3.8) is 0 Å². The van der Waals surface area contributed by atoms with E-state index < -0.39 is 6.04 Å². The van der Waals surface area contributed by atoms with Crippen molar-refractivity contribution in [2.24, 2.45) is 0 Å². The van der Waals surface area contributed by atoms with Crippen LogP contribution in [0.5, 0.6) is 0 Å². The normalized spacial score (nSPS) is 20.2. The summed E-state index contributed by atoms with van der Waals surface area (Å²) in [7, 11) is 0. The number of hydrogen-bond donors (Lipinski definition) is 2. The van der Waals surface area contributed by atoms with Crippen LogP contribution >= 0.6 is 0 Å². The number of unbranched alkanes of at least 4 members (excludes halogenated alkanes) is 2. The fourth-order valence-corrected chi connectivity index (χ4v) is 5.51. The monoisotopic (exact) mass is 459 g/mol. The lowest BCUT2D eigenvalue weighted by Gasteiger charge is -2.47. The summed E-state index contributed by atoms with van der Waals surface area (Å²) in [6.45, 7) is 5.17. The molecule has 6 heteroatoms. The third kappa shape index (κ3) is 3.90. The van der Waals surface area contributed by atoms with Gasteiger partial charge in [-0.1, -0.05) is 56.3 Å². The third-order valence-corrected chi connectivity index (χ3v) is 7.35. The van der Waals surface area contributed by atoms with Crippen LogP contribution in [0.25, 0.3) is 10.9 Å². The van der Waals surface area contributed by atoms with E-state index in [1.807, 2.05) is 17.0 Å². The number of benzene rings is 2. The van der Waals surface area contributed by atoms with Crippen LogP contribution < -0.4 is 0 Å². The molecule has 2 aliphatic heterocycles. The molecular formula is C28H33N3O3. The molecule has 0 radical (unpaired) electrons. The number of piperazine rings is 1. The van der Waals surface area contributed by atoms with Crippen molar-refractivity contribution >= 4 is 22.7 Å². The molecule has 0 bridgehead atoms. The highest BCUT2D eigenvalue weighted by molar-refractivity contribution is 5.97. The first kappa shape index (κ1) is 22.7. The number of aliphatic hydroxyl groups excluding tert-OH is 1. The highest BCUT2D eigenvalue weighted by Gasteiger charge is 2.48. The van der Waals surface area contributed by atoms with E-state index in [1.165, 1.54) is 5.56 Å². The van der Waals surface area contributed by atoms with E-state index >= 15 is 0 Å². The number of para-hydroxylation sites is 1. The van der Waals surface area contributed by atoms with Gasteiger partial charge in [0.15, 0.2) is 0 Å². The maximum absolute atomic E-state index is 13.6. The SMILES string of the molecule is CC(C)c1ccc([C@@H]2c3[nH]c4ccccc4c3C[C@@H]3C(=O)N(CCCCCO)CC(=O)N23)cc1. The molecule has 0 saturated carbocycles. The van der Waals surface area contributed by atoms with Gasteiger partial charge in [-0.3, -0.25) is 9.59 Å². The topological polar surface area (TPSA) is 76.6 Å². The van der Waals surface area contributed by atoms with Gasteiger partial charge in [0.25, 0.3) is 0 Å². The van der Waals surface area contributed by atoms with E-state index in [0.717, 1.165) is 47.0 Å². The Bertz CT molecular complexity index is 1200. The highest BCUT2D eigenvalue weighted by atomic mass is 16.3. The lowest BCUT2D eigenvalue weighted by atomic mass is 9.85. The second kappa shape index (κ2) is 9.26. The van der Waals surface area contributed by atoms with Crippen LogP contribution in [0.1, 0.15) is 67.5 Å². The maximum Gasteiger partial charge on any atom is 0.246 e. The molecule has 178 valence electrons. The number of nitrogens with one attached hydrogen (secondary N) is 1. The van der Waals surface area contributed by atoms with Crippen LogP contribution in [0.15, 0.2) is 48.5 Å². The minimum Gasteiger partial charge on any atom is -0.396 e. The molecule has 2 aliphatic rings. The number of H-pyrrole nitrogens is 1. The largest absolute Gasteiger partial charge is 0.396 e. The number of aromatic amines is 1. The summed E-state index contributed by atoms with van der Waals surface area (Å²) in [4.78, 5) is 34.3. The van der Waals surface area contributed by atoms with Crippen molar-refractivity contribution in [2.75, 3.05) is 19.7 Å². The van der Waals surface area contributed by atoms with Crippen molar-refractivity contribution in [3.05, 3.63) is 70.9 Å². The van der Waals surface area contributed by atoms with Gasteiger partial charge in [-0.25, -0.2) is 0 Å². The van der Waals surface area contributed by atoms with Crippen LogP contribution in [-0.2, 0) is 16.0 Å². The molecule has 3 aromatic rings. The Morgan fingerprint density at radius 1 is 1.03 bits per heavy atom. The number of amides is 2. The molecule has 1 saturated heterocycles. The average Bonchev–Trinajstić information content (AvgIpc) is 3.22. The molecule has 2 N–H and O–H groups in total. The Morgan fingerprint density at radius 3 is 2.53 bits per heavy atom. The summed E-state index contributed by atoms with van der Waals surface area (Å²) in [6, 6.07) is 15.9.